The van der Waals surface area contributed by atoms with Gasteiger partial charge in [0.1, 0.15) is 12.3 Å². The number of rotatable bonds is 2. The third-order valence-corrected chi connectivity index (χ3v) is 8.60. The normalized spacial score (nSPS) is 25.4. The number of fused-ring (bicyclic) bond motifs is 13. The summed E-state index contributed by atoms with van der Waals surface area (Å²) in [6, 6.07) is 17.0. The lowest BCUT2D eigenvalue weighted by Gasteiger charge is -2.48. The maximum absolute atomic E-state index is 13.3. The van der Waals surface area contributed by atoms with E-state index >= 15 is 0 Å². The van der Waals surface area contributed by atoms with Gasteiger partial charge in [-0.05, 0) is 31.7 Å². The molecule has 2 N–H and O–H groups in total. The molecule has 3 aliphatic heterocycles. The van der Waals surface area contributed by atoms with Crippen molar-refractivity contribution in [2.24, 2.45) is 0 Å². The van der Waals surface area contributed by atoms with Gasteiger partial charge in [0.25, 0.3) is 5.91 Å². The summed E-state index contributed by atoms with van der Waals surface area (Å²) in [7, 11) is 3.77. The van der Waals surface area contributed by atoms with Crippen molar-refractivity contribution in [3.63, 3.8) is 0 Å². The molecule has 3 aromatic carbocycles. The molecule has 2 aromatic heterocycles. The lowest BCUT2D eigenvalue weighted by atomic mass is 9.93. The van der Waals surface area contributed by atoms with Crippen LogP contribution in [0.15, 0.2) is 48.5 Å². The molecule has 9 heteroatoms. The summed E-state index contributed by atoms with van der Waals surface area (Å²) in [5, 5.41) is 11.0. The molecule has 5 aromatic rings. The average molecular weight is 545 g/mol. The van der Waals surface area contributed by atoms with Gasteiger partial charge in [-0.15, -0.1) is 0 Å². The molecule has 5 heterocycles. The zero-order valence-corrected chi connectivity index (χ0v) is 23.5. The SMILES string of the molecule is CN[C@H]1C[C@@H]2O[C@](C)([C@H]1OC)n1c3ccccc3c3c4c(c5c6ccccc6n2c5c31)C(=O)NC4.C[S+](C)[O-]. The van der Waals surface area contributed by atoms with Crippen molar-refractivity contribution in [3.8, 4) is 0 Å². The number of carbonyl (C=O) groups excluding carboxylic acids is 1. The van der Waals surface area contributed by atoms with Crippen LogP contribution in [0, 0.1) is 0 Å². The van der Waals surface area contributed by atoms with Crippen LogP contribution in [0.4, 0.5) is 0 Å². The van der Waals surface area contributed by atoms with E-state index in [1.54, 1.807) is 19.6 Å². The summed E-state index contributed by atoms with van der Waals surface area (Å²) in [5.74, 6) is 0.00357. The Morgan fingerprint density at radius 1 is 1.08 bits per heavy atom. The number of amides is 1. The topological polar surface area (TPSA) is 92.5 Å². The molecule has 1 fully saturated rings. The van der Waals surface area contributed by atoms with E-state index in [0.29, 0.717) is 6.54 Å². The van der Waals surface area contributed by atoms with Crippen molar-refractivity contribution >= 4 is 60.7 Å². The van der Waals surface area contributed by atoms with E-state index in [1.807, 2.05) is 7.05 Å². The maximum atomic E-state index is 13.3. The van der Waals surface area contributed by atoms with Gasteiger partial charge < -0.3 is 33.8 Å². The monoisotopic (exact) mass is 544 g/mol. The molecule has 39 heavy (non-hydrogen) atoms. The van der Waals surface area contributed by atoms with Crippen LogP contribution in [0.1, 0.15) is 35.5 Å². The number of likely N-dealkylation sites (N-methyl/N-ethyl adjacent to an activating group) is 1. The van der Waals surface area contributed by atoms with Crippen LogP contribution in [0.5, 0.6) is 0 Å². The largest absolute Gasteiger partial charge is 0.617 e. The highest BCUT2D eigenvalue weighted by atomic mass is 32.2. The first-order valence-corrected chi connectivity index (χ1v) is 15.2. The average Bonchev–Trinajstić information content (AvgIpc) is 3.55. The quantitative estimate of drug-likeness (QED) is 0.323. The van der Waals surface area contributed by atoms with E-state index in [9.17, 15) is 9.35 Å². The smallest absolute Gasteiger partial charge is 0.252 e. The van der Waals surface area contributed by atoms with Crippen molar-refractivity contribution in [2.45, 2.75) is 44.0 Å². The molecule has 8 nitrogen and oxygen atoms in total. The first-order valence-electron chi connectivity index (χ1n) is 13.2. The number of para-hydroxylation sites is 2. The van der Waals surface area contributed by atoms with Gasteiger partial charge in [-0.3, -0.25) is 4.79 Å². The van der Waals surface area contributed by atoms with Crippen LogP contribution in [0.25, 0.3) is 43.6 Å². The highest BCUT2D eigenvalue weighted by Crippen LogP contribution is 2.53. The van der Waals surface area contributed by atoms with Crippen LogP contribution < -0.4 is 10.6 Å². The van der Waals surface area contributed by atoms with Gasteiger partial charge in [-0.1, -0.05) is 47.6 Å². The van der Waals surface area contributed by atoms with Gasteiger partial charge in [0.15, 0.2) is 5.72 Å². The minimum absolute atomic E-state index is 0.00357. The summed E-state index contributed by atoms with van der Waals surface area (Å²) in [6.07, 6.45) is 3.61. The molecular formula is C30H32N4O4S. The van der Waals surface area contributed by atoms with E-state index in [4.69, 9.17) is 9.47 Å². The molecular weight excluding hydrogens is 512 g/mol. The van der Waals surface area contributed by atoms with Crippen LogP contribution >= 0.6 is 0 Å². The van der Waals surface area contributed by atoms with E-state index in [0.717, 1.165) is 61.2 Å². The minimum atomic E-state index is -0.760. The Morgan fingerprint density at radius 3 is 2.38 bits per heavy atom. The predicted molar refractivity (Wildman–Crippen MR) is 156 cm³/mol. The van der Waals surface area contributed by atoms with E-state index in [2.05, 4.69) is 75.2 Å². The second kappa shape index (κ2) is 8.71. The van der Waals surface area contributed by atoms with Gasteiger partial charge in [0.2, 0.25) is 0 Å². The number of aromatic nitrogens is 2. The first kappa shape index (κ1) is 24.9. The number of benzene rings is 3. The Kier molecular flexibility index (Phi) is 5.57. The molecule has 1 saturated heterocycles. The van der Waals surface area contributed by atoms with Crippen molar-refractivity contribution in [2.75, 3.05) is 26.7 Å². The van der Waals surface area contributed by atoms with E-state index < -0.39 is 16.9 Å². The third kappa shape index (κ3) is 3.19. The minimum Gasteiger partial charge on any atom is -0.617 e. The van der Waals surface area contributed by atoms with Gasteiger partial charge in [-0.25, -0.2) is 0 Å². The third-order valence-electron chi connectivity index (χ3n) is 8.60. The number of nitrogens with zero attached hydrogens (tertiary/aromatic N) is 2. The van der Waals surface area contributed by atoms with Crippen molar-refractivity contribution in [1.82, 2.24) is 19.8 Å². The molecule has 0 unspecified atom stereocenters. The number of hydrogen-bond acceptors (Lipinski definition) is 5. The van der Waals surface area contributed by atoms with Crippen molar-refractivity contribution in [1.29, 1.82) is 0 Å². The number of methoxy groups -OCH3 is 1. The van der Waals surface area contributed by atoms with Crippen LogP contribution in [0.2, 0.25) is 0 Å². The van der Waals surface area contributed by atoms with Crippen molar-refractivity contribution in [3.05, 3.63) is 59.7 Å². The standard InChI is InChI=1S/C28H26N4O3.C2H6OS/c1-28-26(34-3)17(29-2)12-20(35-28)31-18-10-6-4-8-14(18)22-23-16(13-30-27(23)33)21-15-9-5-7-11-19(15)32(28)25(21)24(22)31;1-4(2)3/h4-11,17,20,26,29H,12-13H2,1-3H3,(H,30,33);1-2H3/t17-,20-,26-,28+;/m0./s1. The molecule has 3 aliphatic rings. The number of carbonyl (C=O) groups is 1. The molecule has 202 valence electrons. The highest BCUT2D eigenvalue weighted by molar-refractivity contribution is 7.89. The second-order valence-electron chi connectivity index (χ2n) is 10.9. The van der Waals surface area contributed by atoms with Crippen LogP contribution in [-0.2, 0) is 32.9 Å². The lowest BCUT2D eigenvalue weighted by molar-refractivity contribution is -0.256. The summed E-state index contributed by atoms with van der Waals surface area (Å²) in [5.41, 5.74) is 5.51. The Morgan fingerprint density at radius 2 is 1.72 bits per heavy atom. The zero-order chi connectivity index (χ0) is 27.2. The highest BCUT2D eigenvalue weighted by Gasteiger charge is 2.53. The van der Waals surface area contributed by atoms with Gasteiger partial charge >= 0.3 is 0 Å². The van der Waals surface area contributed by atoms with E-state index in [1.165, 1.54) is 0 Å². The molecule has 0 aliphatic carbocycles. The summed E-state index contributed by atoms with van der Waals surface area (Å²) in [4.78, 5) is 13.3. The van der Waals surface area contributed by atoms with E-state index in [-0.39, 0.29) is 24.3 Å². The Hall–Kier alpha value is -3.08. The summed E-state index contributed by atoms with van der Waals surface area (Å²) in [6.45, 7) is 2.68. The fraction of sp³-hybridized carbons (Fsp3) is 0.367. The predicted octanol–water partition coefficient (Wildman–Crippen LogP) is 4.35. The molecule has 0 radical (unpaired) electrons. The molecule has 0 spiro atoms. The Bertz CT molecular complexity index is 1800. The Labute approximate surface area is 229 Å². The maximum Gasteiger partial charge on any atom is 0.252 e. The summed E-state index contributed by atoms with van der Waals surface area (Å²) < 4.78 is 27.5. The molecule has 1 amide bonds. The first-order chi connectivity index (χ1) is 18.8. The molecule has 8 rings (SSSR count). The second-order valence-corrected chi connectivity index (χ2v) is 12.4. The van der Waals surface area contributed by atoms with Crippen molar-refractivity contribution < 1.29 is 18.8 Å². The fourth-order valence-electron chi connectivity index (χ4n) is 7.33. The van der Waals surface area contributed by atoms with Gasteiger partial charge in [-0.2, -0.15) is 0 Å². The number of ether oxygens (including phenoxy) is 2. The van der Waals surface area contributed by atoms with Crippen LogP contribution in [-0.4, -0.2) is 58.4 Å². The molecule has 2 bridgehead atoms. The zero-order valence-electron chi connectivity index (χ0n) is 22.7. The molecule has 0 saturated carbocycles. The van der Waals surface area contributed by atoms with Gasteiger partial charge in [0.05, 0.1) is 40.1 Å². The summed E-state index contributed by atoms with van der Waals surface area (Å²) >= 11 is -0.611. The number of hydrogen-bond donors (Lipinski definition) is 2. The van der Waals surface area contributed by atoms with Gasteiger partial charge in [0, 0.05) is 47.7 Å². The Balaban J connectivity index is 0.000000595. The fourth-order valence-corrected chi connectivity index (χ4v) is 7.33. The lowest BCUT2D eigenvalue weighted by Crippen LogP contribution is -2.59. The molecule has 4 atom stereocenters. The van der Waals surface area contributed by atoms with Crippen LogP contribution in [0.3, 0.4) is 0 Å². The number of nitrogens with one attached hydrogen (secondary N) is 2.